The van der Waals surface area contributed by atoms with Gasteiger partial charge in [-0.1, -0.05) is 0 Å². The lowest BCUT2D eigenvalue weighted by molar-refractivity contribution is 0.0486. The normalized spacial score (nSPS) is 41.8. The number of ether oxygens (including phenoxy) is 1. The van der Waals surface area contributed by atoms with Crippen molar-refractivity contribution < 1.29 is 4.74 Å². The van der Waals surface area contributed by atoms with Crippen molar-refractivity contribution in [1.82, 2.24) is 10.2 Å². The van der Waals surface area contributed by atoms with E-state index in [1.54, 1.807) is 0 Å². The predicted molar refractivity (Wildman–Crippen MR) is 78.3 cm³/mol. The molecule has 2 aliphatic carbocycles. The molecular formula is C16H27N3O. The second-order valence-electron chi connectivity index (χ2n) is 6.96. The lowest BCUT2D eigenvalue weighted by atomic mass is 9.78. The van der Waals surface area contributed by atoms with Crippen LogP contribution in [0.1, 0.15) is 51.9 Å². The number of rotatable bonds is 4. The Morgan fingerprint density at radius 3 is 2.70 bits per heavy atom. The maximum atomic E-state index is 9.68. The molecule has 3 rings (SSSR count). The maximum absolute atomic E-state index is 9.68. The van der Waals surface area contributed by atoms with Crippen LogP contribution >= 0.6 is 0 Å². The molecule has 0 aromatic carbocycles. The van der Waals surface area contributed by atoms with Gasteiger partial charge in [0, 0.05) is 24.7 Å². The molecule has 1 N–H and O–H groups in total. The zero-order valence-corrected chi connectivity index (χ0v) is 12.8. The average Bonchev–Trinajstić information content (AvgIpc) is 3.16. The third-order valence-electron chi connectivity index (χ3n) is 5.43. The van der Waals surface area contributed by atoms with Gasteiger partial charge in [0.05, 0.1) is 12.2 Å². The zero-order valence-electron chi connectivity index (χ0n) is 12.8. The van der Waals surface area contributed by atoms with Gasteiger partial charge in [0.25, 0.3) is 0 Å². The van der Waals surface area contributed by atoms with Crippen LogP contribution in [-0.4, -0.2) is 48.3 Å². The number of nitrogens with one attached hydrogen (secondary N) is 1. The van der Waals surface area contributed by atoms with Crippen LogP contribution in [0.2, 0.25) is 0 Å². The number of nitriles is 1. The second-order valence-corrected chi connectivity index (χ2v) is 6.96. The third-order valence-corrected chi connectivity index (χ3v) is 5.43. The molecule has 0 spiro atoms. The van der Waals surface area contributed by atoms with Crippen molar-refractivity contribution in [2.45, 2.75) is 81.6 Å². The molecule has 1 saturated heterocycles. The molecule has 3 fully saturated rings. The van der Waals surface area contributed by atoms with E-state index in [4.69, 9.17) is 4.74 Å². The summed E-state index contributed by atoms with van der Waals surface area (Å²) >= 11 is 0. The fourth-order valence-corrected chi connectivity index (χ4v) is 4.00. The molecule has 0 aromatic rings. The maximum Gasteiger partial charge on any atom is 0.108 e. The van der Waals surface area contributed by atoms with Gasteiger partial charge in [-0.05, 0) is 58.9 Å². The molecule has 112 valence electrons. The van der Waals surface area contributed by atoms with Crippen molar-refractivity contribution in [2.24, 2.45) is 0 Å². The SMILES string of the molecule is CC1OCCC1N(C)C1CCCC(C#N)(NC2CC2)C1. The van der Waals surface area contributed by atoms with Crippen LogP contribution in [0.15, 0.2) is 0 Å². The van der Waals surface area contributed by atoms with Gasteiger partial charge in [-0.3, -0.25) is 10.2 Å². The molecule has 4 unspecified atom stereocenters. The summed E-state index contributed by atoms with van der Waals surface area (Å²) in [5.41, 5.74) is -0.277. The highest BCUT2D eigenvalue weighted by molar-refractivity contribution is 5.13. The highest BCUT2D eigenvalue weighted by atomic mass is 16.5. The van der Waals surface area contributed by atoms with E-state index in [1.807, 2.05) is 0 Å². The molecule has 4 heteroatoms. The van der Waals surface area contributed by atoms with Crippen molar-refractivity contribution in [1.29, 1.82) is 5.26 Å². The van der Waals surface area contributed by atoms with Crippen molar-refractivity contribution in [3.8, 4) is 6.07 Å². The van der Waals surface area contributed by atoms with Crippen molar-refractivity contribution >= 4 is 0 Å². The summed E-state index contributed by atoms with van der Waals surface area (Å²) in [4.78, 5) is 2.50. The average molecular weight is 277 g/mol. The molecule has 4 nitrogen and oxygen atoms in total. The summed E-state index contributed by atoms with van der Waals surface area (Å²) in [5, 5.41) is 13.3. The first-order chi connectivity index (χ1) is 9.63. The third kappa shape index (κ3) is 2.86. The van der Waals surface area contributed by atoms with Crippen LogP contribution < -0.4 is 5.32 Å². The minimum atomic E-state index is -0.277. The summed E-state index contributed by atoms with van der Waals surface area (Å²) in [7, 11) is 2.23. The fraction of sp³-hybridized carbons (Fsp3) is 0.938. The zero-order chi connectivity index (χ0) is 14.2. The monoisotopic (exact) mass is 277 g/mol. The summed E-state index contributed by atoms with van der Waals surface area (Å²) in [6.45, 7) is 3.06. The minimum absolute atomic E-state index is 0.277. The highest BCUT2D eigenvalue weighted by Gasteiger charge is 2.43. The molecule has 1 aliphatic heterocycles. The molecule has 0 aromatic heterocycles. The van der Waals surface area contributed by atoms with Gasteiger partial charge in [-0.2, -0.15) is 5.26 Å². The molecule has 2 saturated carbocycles. The first-order valence-electron chi connectivity index (χ1n) is 8.16. The van der Waals surface area contributed by atoms with Crippen molar-refractivity contribution in [3.05, 3.63) is 0 Å². The number of likely N-dealkylation sites (N-methyl/N-ethyl adjacent to an activating group) is 1. The summed E-state index contributed by atoms with van der Waals surface area (Å²) in [6, 6.07) is 4.25. The first-order valence-corrected chi connectivity index (χ1v) is 8.16. The number of nitrogens with zero attached hydrogens (tertiary/aromatic N) is 2. The molecule has 0 amide bonds. The minimum Gasteiger partial charge on any atom is -0.377 e. The van der Waals surface area contributed by atoms with E-state index in [0.717, 1.165) is 32.3 Å². The van der Waals surface area contributed by atoms with Crippen LogP contribution in [0.3, 0.4) is 0 Å². The van der Waals surface area contributed by atoms with E-state index in [1.165, 1.54) is 19.3 Å². The topological polar surface area (TPSA) is 48.3 Å². The lowest BCUT2D eigenvalue weighted by Crippen LogP contribution is -2.55. The van der Waals surface area contributed by atoms with Gasteiger partial charge in [-0.25, -0.2) is 0 Å². The van der Waals surface area contributed by atoms with Crippen molar-refractivity contribution in [2.75, 3.05) is 13.7 Å². The lowest BCUT2D eigenvalue weighted by Gasteiger charge is -2.43. The highest BCUT2D eigenvalue weighted by Crippen LogP contribution is 2.35. The van der Waals surface area contributed by atoms with Gasteiger partial charge in [0.15, 0.2) is 0 Å². The Labute approximate surface area is 122 Å². The van der Waals surface area contributed by atoms with E-state index < -0.39 is 0 Å². The number of hydrogen-bond donors (Lipinski definition) is 1. The predicted octanol–water partition coefficient (Wildman–Crippen LogP) is 2.05. The Morgan fingerprint density at radius 2 is 2.10 bits per heavy atom. The molecular weight excluding hydrogens is 250 g/mol. The Kier molecular flexibility index (Phi) is 4.03. The molecule has 1 heterocycles. The van der Waals surface area contributed by atoms with Crippen LogP contribution in [0.25, 0.3) is 0 Å². The summed E-state index contributed by atoms with van der Waals surface area (Å²) in [5.74, 6) is 0. The van der Waals surface area contributed by atoms with Crippen LogP contribution in [0, 0.1) is 11.3 Å². The molecule has 3 aliphatic rings. The summed E-state index contributed by atoms with van der Waals surface area (Å²) < 4.78 is 5.71. The van der Waals surface area contributed by atoms with E-state index in [0.29, 0.717) is 24.2 Å². The van der Waals surface area contributed by atoms with Crippen LogP contribution in [0.4, 0.5) is 0 Å². The quantitative estimate of drug-likeness (QED) is 0.854. The Bertz CT molecular complexity index is 390. The standard InChI is InChI=1S/C16H27N3O/c1-12-15(7-9-20-12)19(2)14-4-3-8-16(10-14,11-17)18-13-5-6-13/h12-15,18H,3-10H2,1-2H3. The van der Waals surface area contributed by atoms with Crippen LogP contribution in [-0.2, 0) is 4.74 Å². The Morgan fingerprint density at radius 1 is 1.30 bits per heavy atom. The van der Waals surface area contributed by atoms with E-state index in [2.05, 4.69) is 30.3 Å². The largest absolute Gasteiger partial charge is 0.377 e. The summed E-state index contributed by atoms with van der Waals surface area (Å²) in [6.07, 6.45) is 8.31. The van der Waals surface area contributed by atoms with Gasteiger partial charge in [0.2, 0.25) is 0 Å². The van der Waals surface area contributed by atoms with Gasteiger partial charge >= 0.3 is 0 Å². The molecule has 0 bridgehead atoms. The van der Waals surface area contributed by atoms with Gasteiger partial charge in [-0.15, -0.1) is 0 Å². The van der Waals surface area contributed by atoms with Gasteiger partial charge in [0.1, 0.15) is 5.54 Å². The fourth-order valence-electron chi connectivity index (χ4n) is 4.00. The van der Waals surface area contributed by atoms with Crippen LogP contribution in [0.5, 0.6) is 0 Å². The van der Waals surface area contributed by atoms with E-state index in [-0.39, 0.29) is 5.54 Å². The molecule has 4 atom stereocenters. The van der Waals surface area contributed by atoms with E-state index >= 15 is 0 Å². The Hall–Kier alpha value is -0.630. The van der Waals surface area contributed by atoms with E-state index in [9.17, 15) is 5.26 Å². The van der Waals surface area contributed by atoms with Crippen molar-refractivity contribution in [3.63, 3.8) is 0 Å². The number of hydrogen-bond acceptors (Lipinski definition) is 4. The smallest absolute Gasteiger partial charge is 0.108 e. The van der Waals surface area contributed by atoms with Gasteiger partial charge < -0.3 is 4.74 Å². The first kappa shape index (κ1) is 14.3. The molecule has 20 heavy (non-hydrogen) atoms. The molecule has 0 radical (unpaired) electrons. The second kappa shape index (κ2) is 5.63. The Balaban J connectivity index is 1.65.